The van der Waals surface area contributed by atoms with Crippen molar-refractivity contribution >= 4 is 17.3 Å². The lowest BCUT2D eigenvalue weighted by atomic mass is 10.1. The molecule has 94 valence electrons. The maximum Gasteiger partial charge on any atom is 0.357 e. The molecule has 0 aliphatic rings. The number of rotatable bonds is 2. The molecular formula is C14H15NO2S. The smallest absolute Gasteiger partial charge is 0.357 e. The number of hydrogen-bond donors (Lipinski definition) is 0. The zero-order valence-electron chi connectivity index (χ0n) is 10.9. The van der Waals surface area contributed by atoms with Crippen LogP contribution in [0.2, 0.25) is 0 Å². The monoisotopic (exact) mass is 261 g/mol. The number of aryl methyl sites for hydroxylation is 3. The molecule has 0 saturated heterocycles. The molecule has 4 heteroatoms. The van der Waals surface area contributed by atoms with E-state index < -0.39 is 0 Å². The van der Waals surface area contributed by atoms with Crippen LogP contribution in [0.3, 0.4) is 0 Å². The van der Waals surface area contributed by atoms with E-state index in [0.29, 0.717) is 5.69 Å². The number of benzene rings is 1. The molecule has 0 fully saturated rings. The van der Waals surface area contributed by atoms with Gasteiger partial charge in [0.2, 0.25) is 0 Å². The van der Waals surface area contributed by atoms with Gasteiger partial charge in [-0.05, 0) is 32.9 Å². The maximum absolute atomic E-state index is 11.5. The Morgan fingerprint density at radius 1 is 1.17 bits per heavy atom. The Morgan fingerprint density at radius 2 is 1.78 bits per heavy atom. The Balaban J connectivity index is 2.48. The average Bonchev–Trinajstić information content (AvgIpc) is 2.69. The van der Waals surface area contributed by atoms with Crippen LogP contribution in [0.1, 0.15) is 26.5 Å². The minimum atomic E-state index is -0.376. The van der Waals surface area contributed by atoms with E-state index in [2.05, 4.69) is 37.0 Å². The summed E-state index contributed by atoms with van der Waals surface area (Å²) in [5, 5.41) is 0.861. The summed E-state index contributed by atoms with van der Waals surface area (Å²) < 4.78 is 4.72. The fourth-order valence-electron chi connectivity index (χ4n) is 1.90. The first-order chi connectivity index (χ1) is 8.51. The van der Waals surface area contributed by atoms with Gasteiger partial charge >= 0.3 is 5.97 Å². The lowest BCUT2D eigenvalue weighted by molar-refractivity contribution is 0.0594. The van der Waals surface area contributed by atoms with E-state index in [1.807, 2.05) is 6.92 Å². The molecule has 2 aromatic rings. The van der Waals surface area contributed by atoms with Gasteiger partial charge in [0.1, 0.15) is 5.01 Å². The second-order valence-electron chi connectivity index (χ2n) is 4.29. The molecule has 1 aromatic carbocycles. The SMILES string of the molecule is COC(=O)c1nc(-c2cc(C)cc(C)c2)sc1C. The van der Waals surface area contributed by atoms with E-state index in [4.69, 9.17) is 4.74 Å². The second-order valence-corrected chi connectivity index (χ2v) is 5.49. The zero-order valence-corrected chi connectivity index (χ0v) is 11.7. The summed E-state index contributed by atoms with van der Waals surface area (Å²) in [4.78, 5) is 16.8. The Bertz CT molecular complexity index is 582. The molecule has 0 aliphatic heterocycles. The third kappa shape index (κ3) is 2.43. The summed E-state index contributed by atoms with van der Waals surface area (Å²) in [5.74, 6) is -0.376. The summed E-state index contributed by atoms with van der Waals surface area (Å²) in [5.41, 5.74) is 3.85. The van der Waals surface area contributed by atoms with Gasteiger partial charge in [-0.15, -0.1) is 11.3 Å². The quantitative estimate of drug-likeness (QED) is 0.776. The average molecular weight is 261 g/mol. The molecule has 1 heterocycles. The van der Waals surface area contributed by atoms with E-state index in [1.165, 1.54) is 29.6 Å². The summed E-state index contributed by atoms with van der Waals surface area (Å²) in [7, 11) is 1.37. The summed E-state index contributed by atoms with van der Waals surface area (Å²) in [6.07, 6.45) is 0. The molecule has 0 amide bonds. The molecule has 0 aliphatic carbocycles. The molecule has 0 N–H and O–H groups in total. The molecule has 0 atom stereocenters. The highest BCUT2D eigenvalue weighted by molar-refractivity contribution is 7.15. The summed E-state index contributed by atoms with van der Waals surface area (Å²) >= 11 is 1.52. The van der Waals surface area contributed by atoms with E-state index >= 15 is 0 Å². The lowest BCUT2D eigenvalue weighted by Gasteiger charge is -2.01. The predicted octanol–water partition coefficient (Wildman–Crippen LogP) is 3.52. The van der Waals surface area contributed by atoms with Crippen molar-refractivity contribution in [1.82, 2.24) is 4.98 Å². The fourth-order valence-corrected chi connectivity index (χ4v) is 2.79. The third-order valence-corrected chi connectivity index (χ3v) is 3.66. The Labute approximate surface area is 110 Å². The van der Waals surface area contributed by atoms with Crippen LogP contribution < -0.4 is 0 Å². The van der Waals surface area contributed by atoms with Crippen LogP contribution in [-0.4, -0.2) is 18.1 Å². The van der Waals surface area contributed by atoms with Gasteiger partial charge in [0.05, 0.1) is 7.11 Å². The van der Waals surface area contributed by atoms with Gasteiger partial charge in [0.15, 0.2) is 5.69 Å². The van der Waals surface area contributed by atoms with Crippen molar-refractivity contribution in [3.05, 3.63) is 39.9 Å². The molecule has 0 saturated carbocycles. The van der Waals surface area contributed by atoms with E-state index in [0.717, 1.165) is 15.4 Å². The van der Waals surface area contributed by atoms with Gasteiger partial charge in [-0.25, -0.2) is 9.78 Å². The second kappa shape index (κ2) is 4.90. The number of carbonyl (C=O) groups is 1. The lowest BCUT2D eigenvalue weighted by Crippen LogP contribution is -2.03. The zero-order chi connectivity index (χ0) is 13.3. The van der Waals surface area contributed by atoms with Gasteiger partial charge in [-0.1, -0.05) is 17.2 Å². The van der Waals surface area contributed by atoms with Crippen LogP contribution in [0.5, 0.6) is 0 Å². The van der Waals surface area contributed by atoms with Crippen molar-refractivity contribution in [1.29, 1.82) is 0 Å². The van der Waals surface area contributed by atoms with Crippen LogP contribution in [0.25, 0.3) is 10.6 Å². The standard InChI is InChI=1S/C14H15NO2S/c1-8-5-9(2)7-11(6-8)13-15-12(10(3)18-13)14(16)17-4/h5-7H,1-4H3. The first kappa shape index (κ1) is 12.8. The van der Waals surface area contributed by atoms with Crippen molar-refractivity contribution in [2.45, 2.75) is 20.8 Å². The van der Waals surface area contributed by atoms with Crippen LogP contribution in [-0.2, 0) is 4.74 Å². The molecule has 1 aromatic heterocycles. The van der Waals surface area contributed by atoms with Gasteiger partial charge in [0.25, 0.3) is 0 Å². The minimum Gasteiger partial charge on any atom is -0.464 e. The number of aromatic nitrogens is 1. The van der Waals surface area contributed by atoms with E-state index in [1.54, 1.807) is 0 Å². The van der Waals surface area contributed by atoms with Gasteiger partial charge in [-0.3, -0.25) is 0 Å². The normalized spacial score (nSPS) is 10.4. The first-order valence-corrected chi connectivity index (χ1v) is 6.47. The van der Waals surface area contributed by atoms with Gasteiger partial charge in [-0.2, -0.15) is 0 Å². The minimum absolute atomic E-state index is 0.376. The van der Waals surface area contributed by atoms with Crippen molar-refractivity contribution in [2.24, 2.45) is 0 Å². The highest BCUT2D eigenvalue weighted by atomic mass is 32.1. The molecule has 2 rings (SSSR count). The highest BCUT2D eigenvalue weighted by Crippen LogP contribution is 2.29. The van der Waals surface area contributed by atoms with Gasteiger partial charge < -0.3 is 4.74 Å². The number of hydrogen-bond acceptors (Lipinski definition) is 4. The number of nitrogens with zero attached hydrogens (tertiary/aromatic N) is 1. The maximum atomic E-state index is 11.5. The largest absolute Gasteiger partial charge is 0.464 e. The van der Waals surface area contributed by atoms with Crippen molar-refractivity contribution in [3.63, 3.8) is 0 Å². The summed E-state index contributed by atoms with van der Waals surface area (Å²) in [6.45, 7) is 5.99. The Hall–Kier alpha value is -1.68. The van der Waals surface area contributed by atoms with Crippen molar-refractivity contribution in [2.75, 3.05) is 7.11 Å². The van der Waals surface area contributed by atoms with Crippen LogP contribution in [0.4, 0.5) is 0 Å². The van der Waals surface area contributed by atoms with Crippen LogP contribution in [0.15, 0.2) is 18.2 Å². The van der Waals surface area contributed by atoms with Crippen molar-refractivity contribution in [3.8, 4) is 10.6 Å². The Kier molecular flexibility index (Phi) is 3.48. The van der Waals surface area contributed by atoms with Crippen molar-refractivity contribution < 1.29 is 9.53 Å². The molecule has 3 nitrogen and oxygen atoms in total. The fraction of sp³-hybridized carbons (Fsp3) is 0.286. The molecular weight excluding hydrogens is 246 g/mol. The first-order valence-electron chi connectivity index (χ1n) is 5.65. The number of carbonyl (C=O) groups excluding carboxylic acids is 1. The summed E-state index contributed by atoms with van der Waals surface area (Å²) in [6, 6.07) is 6.27. The molecule has 18 heavy (non-hydrogen) atoms. The molecule has 0 unspecified atom stereocenters. The highest BCUT2D eigenvalue weighted by Gasteiger charge is 2.16. The number of esters is 1. The van der Waals surface area contributed by atoms with Crippen LogP contribution in [0, 0.1) is 20.8 Å². The van der Waals surface area contributed by atoms with Gasteiger partial charge in [0, 0.05) is 10.4 Å². The number of methoxy groups -OCH3 is 1. The molecule has 0 spiro atoms. The van der Waals surface area contributed by atoms with Crippen LogP contribution >= 0.6 is 11.3 Å². The number of ether oxygens (including phenoxy) is 1. The molecule has 0 bridgehead atoms. The number of thiazole rings is 1. The molecule has 0 radical (unpaired) electrons. The predicted molar refractivity (Wildman–Crippen MR) is 73.1 cm³/mol. The van der Waals surface area contributed by atoms with E-state index in [9.17, 15) is 4.79 Å². The topological polar surface area (TPSA) is 39.2 Å². The Morgan fingerprint density at radius 3 is 2.33 bits per heavy atom. The third-order valence-electron chi connectivity index (χ3n) is 2.64. The van der Waals surface area contributed by atoms with E-state index in [-0.39, 0.29) is 5.97 Å².